The van der Waals surface area contributed by atoms with E-state index in [4.69, 9.17) is 23.8 Å². The number of hydrogen-bond acceptors (Lipinski definition) is 5. The van der Waals surface area contributed by atoms with Crippen molar-refractivity contribution in [3.8, 4) is 0 Å². The molecule has 1 N–H and O–H groups in total. The number of piperidine rings is 1. The highest BCUT2D eigenvalue weighted by Crippen LogP contribution is 2.44. The van der Waals surface area contributed by atoms with E-state index in [2.05, 4.69) is 11.0 Å². The molecule has 0 saturated carbocycles. The van der Waals surface area contributed by atoms with Crippen LogP contribution in [0.15, 0.2) is 16.5 Å². The summed E-state index contributed by atoms with van der Waals surface area (Å²) in [6, 6.07) is 4.15. The van der Waals surface area contributed by atoms with Crippen LogP contribution in [0, 0.1) is 18.3 Å². The van der Waals surface area contributed by atoms with Gasteiger partial charge in [-0.1, -0.05) is 0 Å². The Morgan fingerprint density at radius 3 is 2.46 bits per heavy atom. The van der Waals surface area contributed by atoms with Crippen LogP contribution in [-0.2, 0) is 20.8 Å². The summed E-state index contributed by atoms with van der Waals surface area (Å²) in [7, 11) is 1.80. The monoisotopic (exact) mass is 407 g/mol. The molecule has 0 radical (unpaired) electrons. The number of halogens is 3. The molecule has 0 aromatic carbocycles. The molecule has 2 aliphatic rings. The van der Waals surface area contributed by atoms with Crippen molar-refractivity contribution in [2.75, 3.05) is 40.0 Å². The Balaban J connectivity index is 0.000000345. The van der Waals surface area contributed by atoms with E-state index >= 15 is 0 Å². The van der Waals surface area contributed by atoms with Crippen molar-refractivity contribution >= 4 is 5.97 Å². The number of aryl methyl sites for hydroxylation is 1. The fourth-order valence-electron chi connectivity index (χ4n) is 3.91. The summed E-state index contributed by atoms with van der Waals surface area (Å²) in [5, 5.41) is 7.12. The Morgan fingerprint density at radius 2 is 1.96 bits per heavy atom. The Morgan fingerprint density at radius 1 is 1.32 bits per heavy atom. The zero-order valence-electron chi connectivity index (χ0n) is 16.3. The molecule has 1 spiro atoms. The van der Waals surface area contributed by atoms with E-state index < -0.39 is 12.1 Å². The van der Waals surface area contributed by atoms with E-state index in [1.165, 1.54) is 19.3 Å². The molecular formula is C19H28F3NO5. The lowest BCUT2D eigenvalue weighted by atomic mass is 9.66. The molecule has 9 heteroatoms. The van der Waals surface area contributed by atoms with E-state index in [1.807, 2.05) is 13.0 Å². The molecule has 2 fully saturated rings. The zero-order valence-corrected chi connectivity index (χ0v) is 16.3. The number of ether oxygens (including phenoxy) is 2. The Kier molecular flexibility index (Phi) is 7.91. The predicted molar refractivity (Wildman–Crippen MR) is 94.9 cm³/mol. The van der Waals surface area contributed by atoms with Gasteiger partial charge in [-0.05, 0) is 56.8 Å². The molecule has 2 saturated heterocycles. The lowest BCUT2D eigenvalue weighted by Crippen LogP contribution is -2.49. The Bertz CT molecular complexity index is 621. The number of hydrogen-bond donors (Lipinski definition) is 1. The number of alkyl halides is 3. The Labute approximate surface area is 162 Å². The quantitative estimate of drug-likeness (QED) is 0.824. The molecular weight excluding hydrogens is 379 g/mol. The van der Waals surface area contributed by atoms with Crippen LogP contribution in [0.3, 0.4) is 0 Å². The first-order valence-electron chi connectivity index (χ1n) is 9.31. The van der Waals surface area contributed by atoms with Crippen LogP contribution in [0.4, 0.5) is 13.2 Å². The van der Waals surface area contributed by atoms with Gasteiger partial charge < -0.3 is 19.0 Å². The number of carbonyl (C=O) groups is 1. The van der Waals surface area contributed by atoms with E-state index in [0.717, 1.165) is 51.0 Å². The molecule has 0 bridgehead atoms. The highest BCUT2D eigenvalue weighted by Gasteiger charge is 2.43. The van der Waals surface area contributed by atoms with Crippen LogP contribution in [0.5, 0.6) is 0 Å². The van der Waals surface area contributed by atoms with Crippen LogP contribution in [-0.4, -0.2) is 62.2 Å². The standard InChI is InChI=1S/C17H27NO3.C2HF3O2/c1-14-3-4-16(21-14)11-18-8-5-17(6-9-18)7-10-20-13-15(17)12-19-2;3-2(4,5)1(6)7/h3-4,15H,5-13H2,1-2H3;(H,6,7). The number of nitrogens with zero attached hydrogens (tertiary/aromatic N) is 1. The first kappa shape index (κ1) is 22.7. The number of carboxylic acids is 1. The summed E-state index contributed by atoms with van der Waals surface area (Å²) in [5.41, 5.74) is 0.434. The third-order valence-corrected chi connectivity index (χ3v) is 5.57. The summed E-state index contributed by atoms with van der Waals surface area (Å²) in [5.74, 6) is -0.108. The van der Waals surface area contributed by atoms with Gasteiger partial charge in [-0.3, -0.25) is 4.90 Å². The number of aliphatic carboxylic acids is 1. The molecule has 1 aromatic rings. The summed E-state index contributed by atoms with van der Waals surface area (Å²) in [4.78, 5) is 11.4. The molecule has 2 aliphatic heterocycles. The van der Waals surface area contributed by atoms with Crippen molar-refractivity contribution in [2.24, 2.45) is 11.3 Å². The zero-order chi connectivity index (χ0) is 20.8. The van der Waals surface area contributed by atoms with Crippen molar-refractivity contribution in [2.45, 2.75) is 38.9 Å². The molecule has 3 rings (SSSR count). The second-order valence-electron chi connectivity index (χ2n) is 7.43. The molecule has 28 heavy (non-hydrogen) atoms. The predicted octanol–water partition coefficient (Wildman–Crippen LogP) is 3.49. The highest BCUT2D eigenvalue weighted by atomic mass is 19.4. The number of rotatable bonds is 4. The molecule has 160 valence electrons. The highest BCUT2D eigenvalue weighted by molar-refractivity contribution is 5.73. The maximum Gasteiger partial charge on any atom is 0.490 e. The van der Waals surface area contributed by atoms with Crippen LogP contribution in [0.25, 0.3) is 0 Å². The third kappa shape index (κ3) is 6.22. The molecule has 0 amide bonds. The SMILES string of the molecule is COCC1COCCC12CCN(Cc1ccc(C)o1)CC2.O=C(O)C(F)(F)F. The van der Waals surface area contributed by atoms with Crippen molar-refractivity contribution in [1.29, 1.82) is 0 Å². The summed E-state index contributed by atoms with van der Waals surface area (Å²) in [6.07, 6.45) is -1.39. The van der Waals surface area contributed by atoms with Gasteiger partial charge in [-0.15, -0.1) is 0 Å². The molecule has 1 unspecified atom stereocenters. The average molecular weight is 407 g/mol. The second kappa shape index (κ2) is 9.76. The van der Waals surface area contributed by atoms with Gasteiger partial charge in [-0.25, -0.2) is 4.79 Å². The van der Waals surface area contributed by atoms with E-state index in [-0.39, 0.29) is 0 Å². The minimum Gasteiger partial charge on any atom is -0.475 e. The van der Waals surface area contributed by atoms with E-state index in [0.29, 0.717) is 11.3 Å². The summed E-state index contributed by atoms with van der Waals surface area (Å²) < 4.78 is 48.5. The first-order chi connectivity index (χ1) is 13.2. The van der Waals surface area contributed by atoms with Crippen molar-refractivity contribution in [1.82, 2.24) is 4.90 Å². The van der Waals surface area contributed by atoms with Gasteiger partial charge in [0, 0.05) is 19.6 Å². The number of likely N-dealkylation sites (tertiary alicyclic amines) is 1. The average Bonchev–Trinajstić information content (AvgIpc) is 3.04. The van der Waals surface area contributed by atoms with Crippen molar-refractivity contribution in [3.63, 3.8) is 0 Å². The second-order valence-corrected chi connectivity index (χ2v) is 7.43. The van der Waals surface area contributed by atoms with Gasteiger partial charge in [0.05, 0.1) is 19.8 Å². The smallest absolute Gasteiger partial charge is 0.475 e. The largest absolute Gasteiger partial charge is 0.490 e. The third-order valence-electron chi connectivity index (χ3n) is 5.57. The fourth-order valence-corrected chi connectivity index (χ4v) is 3.91. The maximum atomic E-state index is 10.6. The van der Waals surface area contributed by atoms with Gasteiger partial charge in [0.25, 0.3) is 0 Å². The fraction of sp³-hybridized carbons (Fsp3) is 0.737. The topological polar surface area (TPSA) is 72.1 Å². The van der Waals surface area contributed by atoms with Gasteiger partial charge in [0.2, 0.25) is 0 Å². The summed E-state index contributed by atoms with van der Waals surface area (Å²) in [6.45, 7) is 7.86. The van der Waals surface area contributed by atoms with Crippen LogP contribution in [0.1, 0.15) is 30.8 Å². The normalized spacial score (nSPS) is 22.5. The molecule has 1 aromatic heterocycles. The Hall–Kier alpha value is -1.58. The van der Waals surface area contributed by atoms with Crippen LogP contribution < -0.4 is 0 Å². The molecule has 0 aliphatic carbocycles. The lowest BCUT2D eigenvalue weighted by molar-refractivity contribution is -0.192. The number of methoxy groups -OCH3 is 1. The number of carboxylic acid groups (broad SMARTS) is 1. The van der Waals surface area contributed by atoms with E-state index in [9.17, 15) is 13.2 Å². The van der Waals surface area contributed by atoms with Gasteiger partial charge in [-0.2, -0.15) is 13.2 Å². The minimum absolute atomic E-state index is 0.434. The first-order valence-corrected chi connectivity index (χ1v) is 9.31. The van der Waals surface area contributed by atoms with Crippen molar-refractivity contribution < 1.29 is 37.0 Å². The van der Waals surface area contributed by atoms with Crippen LogP contribution >= 0.6 is 0 Å². The van der Waals surface area contributed by atoms with Crippen LogP contribution in [0.2, 0.25) is 0 Å². The van der Waals surface area contributed by atoms with E-state index in [1.54, 1.807) is 7.11 Å². The van der Waals surface area contributed by atoms with Crippen molar-refractivity contribution in [3.05, 3.63) is 23.7 Å². The number of furan rings is 1. The molecule has 3 heterocycles. The van der Waals surface area contributed by atoms with Gasteiger partial charge in [0.15, 0.2) is 0 Å². The summed E-state index contributed by atoms with van der Waals surface area (Å²) >= 11 is 0. The maximum absolute atomic E-state index is 10.6. The minimum atomic E-state index is -5.08. The lowest BCUT2D eigenvalue weighted by Gasteiger charge is -2.48. The molecule has 1 atom stereocenters. The van der Waals surface area contributed by atoms with Gasteiger partial charge >= 0.3 is 12.1 Å². The van der Waals surface area contributed by atoms with Gasteiger partial charge in [0.1, 0.15) is 11.5 Å². The molecule has 6 nitrogen and oxygen atoms in total.